The highest BCUT2D eigenvalue weighted by Crippen LogP contribution is 2.34. The van der Waals surface area contributed by atoms with Gasteiger partial charge < -0.3 is 9.84 Å². The van der Waals surface area contributed by atoms with Crippen LogP contribution in [0.1, 0.15) is 16.7 Å². The zero-order valence-electron chi connectivity index (χ0n) is 11.1. The summed E-state index contributed by atoms with van der Waals surface area (Å²) in [7, 11) is 1.67. The SMILES string of the molecule is COc1ccccc1CC1(O)Cc2ccccc2C1. The molecule has 0 unspecified atom stereocenters. The largest absolute Gasteiger partial charge is 0.496 e. The Bertz CT molecular complexity index is 564. The number of ether oxygens (including phenoxy) is 1. The van der Waals surface area contributed by atoms with Crippen molar-refractivity contribution >= 4 is 0 Å². The van der Waals surface area contributed by atoms with Crippen LogP contribution < -0.4 is 4.74 Å². The second kappa shape index (κ2) is 4.71. The van der Waals surface area contributed by atoms with E-state index in [9.17, 15) is 5.11 Å². The molecule has 0 bridgehead atoms. The lowest BCUT2D eigenvalue weighted by atomic mass is 9.91. The molecule has 2 aromatic carbocycles. The van der Waals surface area contributed by atoms with Gasteiger partial charge in [-0.05, 0) is 22.8 Å². The van der Waals surface area contributed by atoms with Crippen molar-refractivity contribution in [3.63, 3.8) is 0 Å². The third kappa shape index (κ3) is 2.36. The molecule has 2 nitrogen and oxygen atoms in total. The average molecular weight is 254 g/mol. The Labute approximate surface area is 113 Å². The molecule has 2 aromatic rings. The molecule has 0 amide bonds. The number of hydrogen-bond donors (Lipinski definition) is 1. The Morgan fingerprint density at radius 2 is 1.58 bits per heavy atom. The molecule has 0 heterocycles. The summed E-state index contributed by atoms with van der Waals surface area (Å²) in [6, 6.07) is 16.2. The predicted octanol–water partition coefficient (Wildman–Crippen LogP) is 2.77. The lowest BCUT2D eigenvalue weighted by Gasteiger charge is -2.23. The Hall–Kier alpha value is -1.80. The molecule has 98 valence electrons. The highest BCUT2D eigenvalue weighted by molar-refractivity contribution is 5.39. The molecule has 1 aliphatic rings. The number of para-hydroxylation sites is 1. The zero-order valence-corrected chi connectivity index (χ0v) is 11.1. The third-order valence-electron chi connectivity index (χ3n) is 3.87. The Kier molecular flexibility index (Phi) is 3.03. The van der Waals surface area contributed by atoms with Crippen molar-refractivity contribution in [2.75, 3.05) is 7.11 Å². The highest BCUT2D eigenvalue weighted by Gasteiger charge is 2.35. The van der Waals surface area contributed by atoms with Crippen LogP contribution in [0.2, 0.25) is 0 Å². The van der Waals surface area contributed by atoms with E-state index in [0.717, 1.165) is 24.2 Å². The first-order valence-electron chi connectivity index (χ1n) is 6.61. The molecule has 3 rings (SSSR count). The maximum Gasteiger partial charge on any atom is 0.122 e. The monoisotopic (exact) mass is 254 g/mol. The van der Waals surface area contributed by atoms with Crippen LogP contribution in [-0.4, -0.2) is 17.8 Å². The molecule has 0 fully saturated rings. The predicted molar refractivity (Wildman–Crippen MR) is 75.5 cm³/mol. The van der Waals surface area contributed by atoms with Crippen molar-refractivity contribution in [1.82, 2.24) is 0 Å². The maximum absolute atomic E-state index is 10.8. The average Bonchev–Trinajstić information content (AvgIpc) is 2.75. The molecule has 1 N–H and O–H groups in total. The first kappa shape index (κ1) is 12.2. The van der Waals surface area contributed by atoms with E-state index in [1.807, 2.05) is 36.4 Å². The minimum atomic E-state index is -0.682. The molecule has 1 aliphatic carbocycles. The Morgan fingerprint density at radius 3 is 2.21 bits per heavy atom. The van der Waals surface area contributed by atoms with Gasteiger partial charge in [-0.2, -0.15) is 0 Å². The van der Waals surface area contributed by atoms with Crippen molar-refractivity contribution in [3.8, 4) is 5.75 Å². The summed E-state index contributed by atoms with van der Waals surface area (Å²) in [6.07, 6.45) is 2.08. The molecule has 2 heteroatoms. The van der Waals surface area contributed by atoms with Crippen molar-refractivity contribution in [2.45, 2.75) is 24.9 Å². The van der Waals surface area contributed by atoms with Crippen LogP contribution in [0.3, 0.4) is 0 Å². The van der Waals surface area contributed by atoms with Crippen molar-refractivity contribution in [3.05, 3.63) is 65.2 Å². The molecule has 0 spiro atoms. The quantitative estimate of drug-likeness (QED) is 0.912. The van der Waals surface area contributed by atoms with E-state index < -0.39 is 5.60 Å². The standard InChI is InChI=1S/C17H18O2/c1-19-16-9-5-4-8-15(16)12-17(18)10-13-6-2-3-7-14(13)11-17/h2-9,18H,10-12H2,1H3. The van der Waals surface area contributed by atoms with Gasteiger partial charge >= 0.3 is 0 Å². The fourth-order valence-electron chi connectivity index (χ4n) is 3.00. The zero-order chi connectivity index (χ0) is 13.3. The van der Waals surface area contributed by atoms with Crippen LogP contribution in [0.4, 0.5) is 0 Å². The van der Waals surface area contributed by atoms with Gasteiger partial charge in [-0.25, -0.2) is 0 Å². The molecule has 19 heavy (non-hydrogen) atoms. The summed E-state index contributed by atoms with van der Waals surface area (Å²) in [5, 5.41) is 10.8. The Morgan fingerprint density at radius 1 is 1.00 bits per heavy atom. The fourth-order valence-corrected chi connectivity index (χ4v) is 3.00. The number of methoxy groups -OCH3 is 1. The van der Waals surface area contributed by atoms with E-state index in [0.29, 0.717) is 6.42 Å². The first-order valence-corrected chi connectivity index (χ1v) is 6.61. The number of benzene rings is 2. The van der Waals surface area contributed by atoms with Crippen LogP contribution in [0.25, 0.3) is 0 Å². The van der Waals surface area contributed by atoms with E-state index in [-0.39, 0.29) is 0 Å². The molecule has 0 aliphatic heterocycles. The minimum absolute atomic E-state index is 0.631. The minimum Gasteiger partial charge on any atom is -0.496 e. The normalized spacial score (nSPS) is 16.1. The van der Waals surface area contributed by atoms with Crippen molar-refractivity contribution in [2.24, 2.45) is 0 Å². The summed E-state index contributed by atoms with van der Waals surface area (Å²) in [6.45, 7) is 0. The van der Waals surface area contributed by atoms with Gasteiger partial charge in [-0.3, -0.25) is 0 Å². The van der Waals surface area contributed by atoms with E-state index in [4.69, 9.17) is 4.74 Å². The van der Waals surface area contributed by atoms with Crippen LogP contribution in [0.15, 0.2) is 48.5 Å². The number of aliphatic hydroxyl groups is 1. The fraction of sp³-hybridized carbons (Fsp3) is 0.294. The lowest BCUT2D eigenvalue weighted by molar-refractivity contribution is 0.0512. The van der Waals surface area contributed by atoms with Gasteiger partial charge in [0.25, 0.3) is 0 Å². The summed E-state index contributed by atoms with van der Waals surface area (Å²) in [5.74, 6) is 0.854. The molecular weight excluding hydrogens is 236 g/mol. The highest BCUT2D eigenvalue weighted by atomic mass is 16.5. The van der Waals surface area contributed by atoms with E-state index >= 15 is 0 Å². The van der Waals surface area contributed by atoms with Gasteiger partial charge in [0.05, 0.1) is 12.7 Å². The summed E-state index contributed by atoms with van der Waals surface area (Å²) in [5.41, 5.74) is 2.92. The van der Waals surface area contributed by atoms with Crippen molar-refractivity contribution < 1.29 is 9.84 Å². The first-order chi connectivity index (χ1) is 9.20. The second-order valence-electron chi connectivity index (χ2n) is 5.34. The van der Waals surface area contributed by atoms with Crippen molar-refractivity contribution in [1.29, 1.82) is 0 Å². The molecular formula is C17H18O2. The van der Waals surface area contributed by atoms with Crippen LogP contribution in [0, 0.1) is 0 Å². The molecule has 0 radical (unpaired) electrons. The van der Waals surface area contributed by atoms with E-state index in [2.05, 4.69) is 12.1 Å². The third-order valence-corrected chi connectivity index (χ3v) is 3.87. The maximum atomic E-state index is 10.8. The van der Waals surface area contributed by atoms with Gasteiger partial charge in [0.1, 0.15) is 5.75 Å². The van der Waals surface area contributed by atoms with Gasteiger partial charge in [0.15, 0.2) is 0 Å². The van der Waals surface area contributed by atoms with Crippen LogP contribution >= 0.6 is 0 Å². The molecule has 0 aromatic heterocycles. The second-order valence-corrected chi connectivity index (χ2v) is 5.34. The molecule has 0 atom stereocenters. The van der Waals surface area contributed by atoms with Gasteiger partial charge in [-0.1, -0.05) is 42.5 Å². The number of hydrogen-bond acceptors (Lipinski definition) is 2. The molecule has 0 saturated heterocycles. The van der Waals surface area contributed by atoms with E-state index in [1.165, 1.54) is 11.1 Å². The Balaban J connectivity index is 1.85. The van der Waals surface area contributed by atoms with Gasteiger partial charge in [-0.15, -0.1) is 0 Å². The number of rotatable bonds is 3. The van der Waals surface area contributed by atoms with Crippen LogP contribution in [0.5, 0.6) is 5.75 Å². The van der Waals surface area contributed by atoms with Gasteiger partial charge in [0, 0.05) is 19.3 Å². The smallest absolute Gasteiger partial charge is 0.122 e. The summed E-state index contributed by atoms with van der Waals surface area (Å²) < 4.78 is 5.37. The summed E-state index contributed by atoms with van der Waals surface area (Å²) >= 11 is 0. The summed E-state index contributed by atoms with van der Waals surface area (Å²) in [4.78, 5) is 0. The molecule has 0 saturated carbocycles. The lowest BCUT2D eigenvalue weighted by Crippen LogP contribution is -2.32. The topological polar surface area (TPSA) is 29.5 Å². The van der Waals surface area contributed by atoms with E-state index in [1.54, 1.807) is 7.11 Å². The van der Waals surface area contributed by atoms with Crippen LogP contribution in [-0.2, 0) is 19.3 Å². The van der Waals surface area contributed by atoms with Gasteiger partial charge in [0.2, 0.25) is 0 Å². The number of fused-ring (bicyclic) bond motifs is 1.